The van der Waals surface area contributed by atoms with Crippen molar-refractivity contribution in [1.82, 2.24) is 0 Å². The highest BCUT2D eigenvalue weighted by atomic mass is 16.5. The summed E-state index contributed by atoms with van der Waals surface area (Å²) in [5.41, 5.74) is 1.61. The van der Waals surface area contributed by atoms with E-state index in [1.807, 2.05) is 0 Å². The van der Waals surface area contributed by atoms with Crippen molar-refractivity contribution < 1.29 is 9.53 Å². The van der Waals surface area contributed by atoms with Crippen LogP contribution in [-0.4, -0.2) is 20.1 Å². The van der Waals surface area contributed by atoms with E-state index in [9.17, 15) is 4.79 Å². The van der Waals surface area contributed by atoms with Gasteiger partial charge in [0, 0.05) is 12.6 Å². The minimum Gasteiger partial charge on any atom is -0.497 e. The van der Waals surface area contributed by atoms with Crippen molar-refractivity contribution in [3.8, 4) is 11.8 Å². The third-order valence-electron chi connectivity index (χ3n) is 3.03. The van der Waals surface area contributed by atoms with Crippen molar-refractivity contribution in [2.24, 2.45) is 0 Å². The number of amides is 1. The minimum atomic E-state index is -0.171. The number of carbonyl (C=O) groups is 1. The van der Waals surface area contributed by atoms with Gasteiger partial charge in [0.2, 0.25) is 0 Å². The van der Waals surface area contributed by atoms with E-state index in [0.29, 0.717) is 22.6 Å². The first-order valence-corrected chi connectivity index (χ1v) is 6.08. The molecule has 0 aromatic heterocycles. The van der Waals surface area contributed by atoms with Gasteiger partial charge in [-0.3, -0.25) is 4.79 Å². The molecule has 0 aliphatic carbocycles. The highest BCUT2D eigenvalue weighted by Gasteiger charge is 2.16. The quantitative estimate of drug-likeness (QED) is 0.858. The lowest BCUT2D eigenvalue weighted by atomic mass is 10.1. The molecule has 100 valence electrons. The molecule has 0 bridgehead atoms. The Morgan fingerprint density at radius 3 is 2.40 bits per heavy atom. The van der Waals surface area contributed by atoms with Gasteiger partial charge in [-0.25, -0.2) is 0 Å². The molecule has 0 saturated carbocycles. The number of methoxy groups -OCH3 is 1. The Hall–Kier alpha value is -2.80. The molecule has 0 N–H and O–H groups in total. The number of ether oxygens (including phenoxy) is 1. The van der Waals surface area contributed by atoms with E-state index in [1.165, 1.54) is 4.90 Å². The van der Waals surface area contributed by atoms with Crippen LogP contribution in [0.15, 0.2) is 48.5 Å². The molecule has 2 aromatic rings. The molecule has 0 radical (unpaired) electrons. The van der Waals surface area contributed by atoms with Crippen molar-refractivity contribution in [2.45, 2.75) is 0 Å². The summed E-state index contributed by atoms with van der Waals surface area (Å²) in [5, 5.41) is 9.08. The second kappa shape index (κ2) is 5.89. The fourth-order valence-corrected chi connectivity index (χ4v) is 1.90. The zero-order valence-corrected chi connectivity index (χ0v) is 11.3. The molecule has 1 amide bonds. The molecule has 0 aliphatic heterocycles. The molecule has 2 rings (SSSR count). The zero-order valence-electron chi connectivity index (χ0n) is 11.3. The van der Waals surface area contributed by atoms with E-state index < -0.39 is 0 Å². The predicted octanol–water partition coefficient (Wildman–Crippen LogP) is 2.84. The number of nitrogens with zero attached hydrogens (tertiary/aromatic N) is 2. The van der Waals surface area contributed by atoms with Gasteiger partial charge in [-0.15, -0.1) is 0 Å². The first kappa shape index (κ1) is 13.6. The first-order chi connectivity index (χ1) is 9.67. The number of nitriles is 1. The van der Waals surface area contributed by atoms with Crippen LogP contribution in [0.25, 0.3) is 0 Å². The normalized spacial score (nSPS) is 9.65. The first-order valence-electron chi connectivity index (χ1n) is 6.08. The summed E-state index contributed by atoms with van der Waals surface area (Å²) in [4.78, 5) is 13.9. The summed E-state index contributed by atoms with van der Waals surface area (Å²) < 4.78 is 5.06. The average molecular weight is 266 g/mol. The summed E-state index contributed by atoms with van der Waals surface area (Å²) in [6, 6.07) is 16.0. The summed E-state index contributed by atoms with van der Waals surface area (Å²) >= 11 is 0. The van der Waals surface area contributed by atoms with Crippen molar-refractivity contribution in [1.29, 1.82) is 5.26 Å². The Labute approximate surface area is 117 Å². The molecule has 4 heteroatoms. The number of benzene rings is 2. The SMILES string of the molecule is COc1ccc(C(=O)N(C)c2ccccc2C#N)cc1. The maximum absolute atomic E-state index is 12.4. The molecule has 20 heavy (non-hydrogen) atoms. The lowest BCUT2D eigenvalue weighted by molar-refractivity contribution is 0.0993. The van der Waals surface area contributed by atoms with E-state index in [0.717, 1.165) is 0 Å². The predicted molar refractivity (Wildman–Crippen MR) is 76.9 cm³/mol. The number of hydrogen-bond donors (Lipinski definition) is 0. The van der Waals surface area contributed by atoms with Gasteiger partial charge in [-0.2, -0.15) is 5.26 Å². The van der Waals surface area contributed by atoms with Crippen molar-refractivity contribution >= 4 is 11.6 Å². The van der Waals surface area contributed by atoms with Gasteiger partial charge in [0.15, 0.2) is 0 Å². The Morgan fingerprint density at radius 1 is 1.15 bits per heavy atom. The molecule has 0 spiro atoms. The Kier molecular flexibility index (Phi) is 4.02. The van der Waals surface area contributed by atoms with E-state index in [2.05, 4.69) is 6.07 Å². The van der Waals surface area contributed by atoms with Gasteiger partial charge in [0.1, 0.15) is 11.8 Å². The third-order valence-corrected chi connectivity index (χ3v) is 3.03. The zero-order chi connectivity index (χ0) is 14.5. The van der Waals surface area contributed by atoms with E-state index in [4.69, 9.17) is 10.00 Å². The number of carbonyl (C=O) groups excluding carboxylic acids is 1. The monoisotopic (exact) mass is 266 g/mol. The number of hydrogen-bond acceptors (Lipinski definition) is 3. The Morgan fingerprint density at radius 2 is 1.80 bits per heavy atom. The van der Waals surface area contributed by atoms with Crippen molar-refractivity contribution in [2.75, 3.05) is 19.1 Å². The second-order valence-electron chi connectivity index (χ2n) is 4.22. The second-order valence-corrected chi connectivity index (χ2v) is 4.22. The largest absolute Gasteiger partial charge is 0.497 e. The number of para-hydroxylation sites is 1. The fourth-order valence-electron chi connectivity index (χ4n) is 1.90. The van der Waals surface area contributed by atoms with Crippen LogP contribution in [-0.2, 0) is 0 Å². The van der Waals surface area contributed by atoms with Crippen LogP contribution in [0.4, 0.5) is 5.69 Å². The summed E-state index contributed by atoms with van der Waals surface area (Å²) in [6.45, 7) is 0. The third kappa shape index (κ3) is 2.62. The van der Waals surface area contributed by atoms with Gasteiger partial charge in [0.25, 0.3) is 5.91 Å². The lowest BCUT2D eigenvalue weighted by Gasteiger charge is -2.18. The fraction of sp³-hybridized carbons (Fsp3) is 0.125. The summed E-state index contributed by atoms with van der Waals surface area (Å²) in [5.74, 6) is 0.525. The van der Waals surface area contributed by atoms with Crippen LogP contribution >= 0.6 is 0 Å². The van der Waals surface area contributed by atoms with E-state index >= 15 is 0 Å². The molecule has 4 nitrogen and oxygen atoms in total. The summed E-state index contributed by atoms with van der Waals surface area (Å²) in [7, 11) is 3.23. The van der Waals surface area contributed by atoms with Crippen LogP contribution in [0, 0.1) is 11.3 Å². The van der Waals surface area contributed by atoms with Crippen LogP contribution < -0.4 is 9.64 Å². The summed E-state index contributed by atoms with van der Waals surface area (Å²) in [6.07, 6.45) is 0. The van der Waals surface area contributed by atoms with Crippen LogP contribution in [0.1, 0.15) is 15.9 Å². The molecule has 0 aliphatic rings. The smallest absolute Gasteiger partial charge is 0.258 e. The number of rotatable bonds is 3. The molecule has 0 unspecified atom stereocenters. The van der Waals surface area contributed by atoms with E-state index in [1.54, 1.807) is 62.7 Å². The van der Waals surface area contributed by atoms with Crippen LogP contribution in [0.2, 0.25) is 0 Å². The van der Waals surface area contributed by atoms with Crippen molar-refractivity contribution in [3.05, 3.63) is 59.7 Å². The molecule has 0 saturated heterocycles. The maximum atomic E-state index is 12.4. The van der Waals surface area contributed by atoms with E-state index in [-0.39, 0.29) is 5.91 Å². The molecule has 0 heterocycles. The highest BCUT2D eigenvalue weighted by molar-refractivity contribution is 6.06. The highest BCUT2D eigenvalue weighted by Crippen LogP contribution is 2.21. The topological polar surface area (TPSA) is 53.3 Å². The Bertz CT molecular complexity index is 657. The molecular formula is C16H14N2O2. The standard InChI is InChI=1S/C16H14N2O2/c1-18(15-6-4-3-5-13(15)11-17)16(19)12-7-9-14(20-2)10-8-12/h3-10H,1-2H3. The molecule has 2 aromatic carbocycles. The van der Waals surface area contributed by atoms with Gasteiger partial charge >= 0.3 is 0 Å². The van der Waals surface area contributed by atoms with Gasteiger partial charge in [-0.1, -0.05) is 12.1 Å². The molecule has 0 fully saturated rings. The van der Waals surface area contributed by atoms with Gasteiger partial charge < -0.3 is 9.64 Å². The van der Waals surface area contributed by atoms with Crippen molar-refractivity contribution in [3.63, 3.8) is 0 Å². The molecular weight excluding hydrogens is 252 g/mol. The average Bonchev–Trinajstić information content (AvgIpc) is 2.53. The van der Waals surface area contributed by atoms with Crippen LogP contribution in [0.5, 0.6) is 5.75 Å². The lowest BCUT2D eigenvalue weighted by Crippen LogP contribution is -2.26. The molecule has 0 atom stereocenters. The van der Waals surface area contributed by atoms with Gasteiger partial charge in [-0.05, 0) is 36.4 Å². The Balaban J connectivity index is 2.30. The number of anilines is 1. The minimum absolute atomic E-state index is 0.171. The van der Waals surface area contributed by atoms with Crippen LogP contribution in [0.3, 0.4) is 0 Å². The van der Waals surface area contributed by atoms with Gasteiger partial charge in [0.05, 0.1) is 18.4 Å². The maximum Gasteiger partial charge on any atom is 0.258 e.